The lowest BCUT2D eigenvalue weighted by molar-refractivity contribution is -0.129. The minimum atomic E-state index is 0.0199. The van der Waals surface area contributed by atoms with Crippen molar-refractivity contribution in [1.82, 2.24) is 4.90 Å². The van der Waals surface area contributed by atoms with Crippen LogP contribution in [0.4, 0.5) is 0 Å². The van der Waals surface area contributed by atoms with Crippen molar-refractivity contribution in [3.05, 3.63) is 22.2 Å². The van der Waals surface area contributed by atoms with Crippen molar-refractivity contribution < 1.29 is 9.59 Å². The van der Waals surface area contributed by atoms with Gasteiger partial charge in [0.2, 0.25) is 0 Å². The third-order valence-electron chi connectivity index (χ3n) is 2.71. The Labute approximate surface area is 96.9 Å². The number of hydrogen-bond donors (Lipinski definition) is 0. The summed E-state index contributed by atoms with van der Waals surface area (Å²) in [5, 5.41) is 0. The van der Waals surface area contributed by atoms with Gasteiger partial charge in [-0.25, -0.2) is 0 Å². The standard InChI is InChI=1S/C11H12BrNO2/c1-7(14)5-13-6-8-4-9(12)2-3-10(8)11(13)15/h2-3,8H,4-6H2,1H3. The van der Waals surface area contributed by atoms with Gasteiger partial charge < -0.3 is 4.90 Å². The highest BCUT2D eigenvalue weighted by Gasteiger charge is 2.36. The zero-order chi connectivity index (χ0) is 11.0. The van der Waals surface area contributed by atoms with Crippen LogP contribution in [0, 0.1) is 5.92 Å². The first-order chi connectivity index (χ1) is 7.08. The Balaban J connectivity index is 2.15. The molecule has 15 heavy (non-hydrogen) atoms. The van der Waals surface area contributed by atoms with Gasteiger partial charge in [0.1, 0.15) is 5.78 Å². The summed E-state index contributed by atoms with van der Waals surface area (Å²) >= 11 is 3.44. The van der Waals surface area contributed by atoms with Crippen LogP contribution in [0.5, 0.6) is 0 Å². The molecule has 0 spiro atoms. The maximum atomic E-state index is 11.8. The highest BCUT2D eigenvalue weighted by atomic mass is 79.9. The number of allylic oxidation sites excluding steroid dienone is 3. The lowest BCUT2D eigenvalue weighted by Gasteiger charge is -2.14. The van der Waals surface area contributed by atoms with Crippen LogP contribution in [0.2, 0.25) is 0 Å². The number of carbonyl (C=O) groups is 2. The quantitative estimate of drug-likeness (QED) is 0.765. The van der Waals surface area contributed by atoms with E-state index in [1.54, 1.807) is 4.90 Å². The van der Waals surface area contributed by atoms with E-state index in [9.17, 15) is 9.59 Å². The van der Waals surface area contributed by atoms with Crippen LogP contribution >= 0.6 is 15.9 Å². The van der Waals surface area contributed by atoms with Gasteiger partial charge >= 0.3 is 0 Å². The summed E-state index contributed by atoms with van der Waals surface area (Å²) in [4.78, 5) is 24.5. The molecule has 1 saturated heterocycles. The van der Waals surface area contributed by atoms with E-state index in [0.717, 1.165) is 16.5 Å². The third kappa shape index (κ3) is 2.04. The summed E-state index contributed by atoms with van der Waals surface area (Å²) < 4.78 is 1.12. The highest BCUT2D eigenvalue weighted by Crippen LogP contribution is 2.34. The fourth-order valence-electron chi connectivity index (χ4n) is 2.08. The number of hydrogen-bond acceptors (Lipinski definition) is 2. The third-order valence-corrected chi connectivity index (χ3v) is 3.30. The maximum absolute atomic E-state index is 11.8. The molecule has 3 nitrogen and oxygen atoms in total. The van der Waals surface area contributed by atoms with Crippen molar-refractivity contribution in [1.29, 1.82) is 0 Å². The van der Waals surface area contributed by atoms with E-state index in [-0.39, 0.29) is 24.2 Å². The lowest BCUT2D eigenvalue weighted by atomic mass is 9.94. The van der Waals surface area contributed by atoms with Gasteiger partial charge in [-0.1, -0.05) is 28.1 Å². The molecule has 1 atom stereocenters. The molecule has 0 saturated carbocycles. The molecule has 1 unspecified atom stereocenters. The molecule has 2 rings (SSSR count). The van der Waals surface area contributed by atoms with E-state index >= 15 is 0 Å². The average Bonchev–Trinajstić information content (AvgIpc) is 2.42. The highest BCUT2D eigenvalue weighted by molar-refractivity contribution is 9.11. The summed E-state index contributed by atoms with van der Waals surface area (Å²) in [6.45, 7) is 2.43. The topological polar surface area (TPSA) is 37.4 Å². The minimum absolute atomic E-state index is 0.0199. The molecule has 1 aliphatic heterocycles. The molecule has 0 N–H and O–H groups in total. The Kier molecular flexibility index (Phi) is 2.78. The van der Waals surface area contributed by atoms with E-state index < -0.39 is 0 Å². The molecule has 0 aromatic heterocycles. The fraction of sp³-hybridized carbons (Fsp3) is 0.455. The van der Waals surface area contributed by atoms with E-state index in [1.165, 1.54) is 6.92 Å². The van der Waals surface area contributed by atoms with Gasteiger partial charge in [0.15, 0.2) is 0 Å². The molecule has 0 aromatic rings. The Morgan fingerprint density at radius 3 is 3.00 bits per heavy atom. The number of ketones is 1. The predicted molar refractivity (Wildman–Crippen MR) is 60.5 cm³/mol. The Bertz CT molecular complexity index is 384. The number of fused-ring (bicyclic) bond motifs is 1. The van der Waals surface area contributed by atoms with Crippen LogP contribution in [0.3, 0.4) is 0 Å². The second-order valence-corrected chi connectivity index (χ2v) is 5.04. The van der Waals surface area contributed by atoms with Crippen LogP contribution in [0.15, 0.2) is 22.2 Å². The van der Waals surface area contributed by atoms with Gasteiger partial charge in [0.05, 0.1) is 6.54 Å². The van der Waals surface area contributed by atoms with E-state index in [1.807, 2.05) is 12.2 Å². The molecule has 80 valence electrons. The maximum Gasteiger partial charge on any atom is 0.250 e. The van der Waals surface area contributed by atoms with Gasteiger partial charge in [0.25, 0.3) is 5.91 Å². The normalized spacial score (nSPS) is 24.8. The van der Waals surface area contributed by atoms with Crippen molar-refractivity contribution >= 4 is 27.6 Å². The first kappa shape index (κ1) is 10.6. The molecule has 1 amide bonds. The molecular weight excluding hydrogens is 258 g/mol. The number of carbonyl (C=O) groups excluding carboxylic acids is 2. The summed E-state index contributed by atoms with van der Waals surface area (Å²) in [6.07, 6.45) is 4.65. The molecule has 0 aromatic carbocycles. The number of halogens is 1. The second-order valence-electron chi connectivity index (χ2n) is 4.02. The Morgan fingerprint density at radius 2 is 2.33 bits per heavy atom. The number of likely N-dealkylation sites (tertiary alicyclic amines) is 1. The van der Waals surface area contributed by atoms with Gasteiger partial charge in [-0.3, -0.25) is 9.59 Å². The van der Waals surface area contributed by atoms with Crippen LogP contribution in [-0.4, -0.2) is 29.7 Å². The summed E-state index contributed by atoms with van der Waals surface area (Å²) in [5.41, 5.74) is 0.847. The first-order valence-electron chi connectivity index (χ1n) is 4.93. The van der Waals surface area contributed by atoms with E-state index in [4.69, 9.17) is 0 Å². The average molecular weight is 270 g/mol. The number of amides is 1. The smallest absolute Gasteiger partial charge is 0.250 e. The zero-order valence-electron chi connectivity index (χ0n) is 8.50. The molecule has 0 radical (unpaired) electrons. The number of Topliss-reactive ketones (excluding diaryl/α,β-unsaturated/α-hetero) is 1. The van der Waals surface area contributed by atoms with Gasteiger partial charge in [-0.05, 0) is 17.8 Å². The van der Waals surface area contributed by atoms with Crippen LogP contribution in [-0.2, 0) is 9.59 Å². The monoisotopic (exact) mass is 269 g/mol. The molecule has 4 heteroatoms. The molecule has 1 fully saturated rings. The minimum Gasteiger partial charge on any atom is -0.331 e. The van der Waals surface area contributed by atoms with Crippen molar-refractivity contribution in [2.75, 3.05) is 13.1 Å². The molecule has 2 aliphatic rings. The summed E-state index contributed by atoms with van der Waals surface area (Å²) in [5.74, 6) is 0.317. The molecular formula is C11H12BrNO2. The Hall–Kier alpha value is -0.900. The number of rotatable bonds is 2. The SMILES string of the molecule is CC(=O)CN1CC2CC(Br)=CC=C2C1=O. The van der Waals surface area contributed by atoms with Crippen molar-refractivity contribution in [2.24, 2.45) is 5.92 Å². The van der Waals surface area contributed by atoms with Crippen molar-refractivity contribution in [2.45, 2.75) is 13.3 Å². The second kappa shape index (κ2) is 3.93. The zero-order valence-corrected chi connectivity index (χ0v) is 10.1. The van der Waals surface area contributed by atoms with Gasteiger partial charge in [-0.15, -0.1) is 0 Å². The van der Waals surface area contributed by atoms with Crippen LogP contribution in [0.1, 0.15) is 13.3 Å². The molecule has 1 heterocycles. The summed E-state index contributed by atoms with van der Waals surface area (Å²) in [6, 6.07) is 0. The van der Waals surface area contributed by atoms with Crippen molar-refractivity contribution in [3.63, 3.8) is 0 Å². The molecule has 1 aliphatic carbocycles. The largest absolute Gasteiger partial charge is 0.331 e. The van der Waals surface area contributed by atoms with Crippen molar-refractivity contribution in [3.8, 4) is 0 Å². The lowest BCUT2D eigenvalue weighted by Crippen LogP contribution is -2.30. The van der Waals surface area contributed by atoms with E-state index in [0.29, 0.717) is 6.54 Å². The fourth-order valence-corrected chi connectivity index (χ4v) is 2.60. The van der Waals surface area contributed by atoms with Gasteiger partial charge in [-0.2, -0.15) is 0 Å². The first-order valence-corrected chi connectivity index (χ1v) is 5.72. The van der Waals surface area contributed by atoms with E-state index in [2.05, 4.69) is 15.9 Å². The molecule has 0 bridgehead atoms. The van der Waals surface area contributed by atoms with Crippen LogP contribution in [0.25, 0.3) is 0 Å². The number of nitrogens with zero attached hydrogens (tertiary/aromatic N) is 1. The van der Waals surface area contributed by atoms with Crippen LogP contribution < -0.4 is 0 Å². The predicted octanol–water partition coefficient (Wildman–Crippen LogP) is 1.64. The summed E-state index contributed by atoms with van der Waals surface area (Å²) in [7, 11) is 0. The van der Waals surface area contributed by atoms with Gasteiger partial charge in [0, 0.05) is 18.0 Å². The Morgan fingerprint density at radius 1 is 1.60 bits per heavy atom.